The number of aromatic nitrogens is 2. The van der Waals surface area contributed by atoms with Gasteiger partial charge in [0.2, 0.25) is 0 Å². The smallest absolute Gasteiger partial charge is 0.0857 e. The van der Waals surface area contributed by atoms with E-state index in [2.05, 4.69) is 37.0 Å². The van der Waals surface area contributed by atoms with Gasteiger partial charge in [0.25, 0.3) is 0 Å². The van der Waals surface area contributed by atoms with Gasteiger partial charge in [-0.05, 0) is 12.8 Å². The first-order valence-electron chi connectivity index (χ1n) is 4.95. The van der Waals surface area contributed by atoms with Crippen molar-refractivity contribution >= 4 is 0 Å². The van der Waals surface area contributed by atoms with Gasteiger partial charge in [-0.1, -0.05) is 20.8 Å². The lowest BCUT2D eigenvalue weighted by atomic mass is 9.84. The molecular formula is C11H15N3. The minimum atomic E-state index is -0.227. The van der Waals surface area contributed by atoms with Gasteiger partial charge in [-0.15, -0.1) is 0 Å². The van der Waals surface area contributed by atoms with Crippen LogP contribution < -0.4 is 0 Å². The molecule has 1 aromatic heterocycles. The number of H-pyrrole nitrogens is 1. The van der Waals surface area contributed by atoms with Gasteiger partial charge < -0.3 is 0 Å². The molecule has 0 spiro atoms. The molecule has 14 heavy (non-hydrogen) atoms. The fourth-order valence-electron chi connectivity index (χ4n) is 1.79. The first-order valence-corrected chi connectivity index (χ1v) is 4.95. The summed E-state index contributed by atoms with van der Waals surface area (Å²) in [5, 5.41) is 16.2. The Labute approximate surface area is 84.1 Å². The highest BCUT2D eigenvalue weighted by Crippen LogP contribution is 2.49. The maximum Gasteiger partial charge on any atom is 0.0857 e. The van der Waals surface area contributed by atoms with Crippen LogP contribution in [0.1, 0.15) is 44.9 Å². The summed E-state index contributed by atoms with van der Waals surface area (Å²) in [4.78, 5) is 0. The van der Waals surface area contributed by atoms with Gasteiger partial charge in [0.15, 0.2) is 0 Å². The van der Waals surface area contributed by atoms with Crippen molar-refractivity contribution < 1.29 is 0 Å². The van der Waals surface area contributed by atoms with Crippen LogP contribution in [0.4, 0.5) is 0 Å². The molecule has 0 amide bonds. The number of nitrogens with one attached hydrogen (secondary N) is 1. The number of hydrogen-bond acceptors (Lipinski definition) is 2. The molecule has 0 aromatic carbocycles. The van der Waals surface area contributed by atoms with E-state index in [-0.39, 0.29) is 10.8 Å². The largest absolute Gasteiger partial charge is 0.282 e. The number of aromatic amines is 1. The molecule has 0 unspecified atom stereocenters. The molecule has 1 fully saturated rings. The number of nitrogens with zero attached hydrogens (tertiary/aromatic N) is 2. The highest BCUT2D eigenvalue weighted by atomic mass is 15.1. The van der Waals surface area contributed by atoms with Crippen molar-refractivity contribution in [1.29, 1.82) is 5.26 Å². The molecule has 1 aromatic rings. The maximum atomic E-state index is 9.13. The van der Waals surface area contributed by atoms with E-state index >= 15 is 0 Å². The molecule has 0 saturated heterocycles. The fourth-order valence-corrected chi connectivity index (χ4v) is 1.79. The van der Waals surface area contributed by atoms with Gasteiger partial charge in [0.05, 0.1) is 17.7 Å². The molecule has 3 heteroatoms. The minimum Gasteiger partial charge on any atom is -0.282 e. The van der Waals surface area contributed by atoms with E-state index in [0.717, 1.165) is 24.1 Å². The summed E-state index contributed by atoms with van der Waals surface area (Å²) in [7, 11) is 0. The number of rotatable bonds is 1. The molecule has 1 saturated carbocycles. The van der Waals surface area contributed by atoms with Crippen LogP contribution in [0.5, 0.6) is 0 Å². The standard InChI is InChI=1S/C11H15N3/c1-10(2,3)9-8(6-13-14-9)11(7-12)4-5-11/h6H,4-5H2,1-3H3,(H,13,14). The van der Waals surface area contributed by atoms with Gasteiger partial charge in [0.1, 0.15) is 0 Å². The zero-order chi connectivity index (χ0) is 10.4. The first kappa shape index (κ1) is 9.26. The highest BCUT2D eigenvalue weighted by Gasteiger charge is 2.48. The third-order valence-corrected chi connectivity index (χ3v) is 2.87. The summed E-state index contributed by atoms with van der Waals surface area (Å²) >= 11 is 0. The summed E-state index contributed by atoms with van der Waals surface area (Å²) in [6.45, 7) is 6.41. The SMILES string of the molecule is CC(C)(C)c1[nH]ncc1C1(C#N)CC1. The Hall–Kier alpha value is -1.30. The fraction of sp³-hybridized carbons (Fsp3) is 0.636. The maximum absolute atomic E-state index is 9.13. The van der Waals surface area contributed by atoms with Crippen molar-refractivity contribution in [3.05, 3.63) is 17.5 Å². The van der Waals surface area contributed by atoms with E-state index in [1.165, 1.54) is 0 Å². The lowest BCUT2D eigenvalue weighted by Crippen LogP contribution is -2.17. The second kappa shape index (κ2) is 2.60. The Morgan fingerprint density at radius 3 is 2.57 bits per heavy atom. The molecule has 1 heterocycles. The van der Waals surface area contributed by atoms with Gasteiger partial charge >= 0.3 is 0 Å². The van der Waals surface area contributed by atoms with Crippen LogP contribution >= 0.6 is 0 Å². The predicted molar refractivity (Wildman–Crippen MR) is 53.8 cm³/mol. The summed E-state index contributed by atoms with van der Waals surface area (Å²) in [6.07, 6.45) is 3.77. The van der Waals surface area contributed by atoms with Crippen molar-refractivity contribution in [2.75, 3.05) is 0 Å². The number of hydrogen-bond donors (Lipinski definition) is 1. The van der Waals surface area contributed by atoms with Crippen molar-refractivity contribution in [2.24, 2.45) is 0 Å². The van der Waals surface area contributed by atoms with Crippen molar-refractivity contribution in [2.45, 2.75) is 44.4 Å². The molecular weight excluding hydrogens is 174 g/mol. The van der Waals surface area contributed by atoms with Crippen LogP contribution in [-0.4, -0.2) is 10.2 Å². The van der Waals surface area contributed by atoms with Gasteiger partial charge in [-0.3, -0.25) is 5.10 Å². The number of nitriles is 1. The van der Waals surface area contributed by atoms with E-state index in [4.69, 9.17) is 5.26 Å². The van der Waals surface area contributed by atoms with Crippen LogP contribution in [0.3, 0.4) is 0 Å². The Morgan fingerprint density at radius 1 is 1.50 bits per heavy atom. The summed E-state index contributed by atoms with van der Waals surface area (Å²) in [6, 6.07) is 2.41. The molecule has 1 aliphatic carbocycles. The van der Waals surface area contributed by atoms with Crippen LogP contribution in [0.2, 0.25) is 0 Å². The summed E-state index contributed by atoms with van der Waals surface area (Å²) in [5.41, 5.74) is 2.03. The van der Waals surface area contributed by atoms with Crippen LogP contribution in [0.15, 0.2) is 6.20 Å². The average Bonchev–Trinajstić information content (AvgIpc) is 2.72. The Bertz CT molecular complexity index is 385. The van der Waals surface area contributed by atoms with Crippen LogP contribution in [-0.2, 0) is 10.8 Å². The summed E-state index contributed by atoms with van der Waals surface area (Å²) < 4.78 is 0. The molecule has 0 aliphatic heterocycles. The Morgan fingerprint density at radius 2 is 2.14 bits per heavy atom. The quantitative estimate of drug-likeness (QED) is 0.736. The Balaban J connectivity index is 2.47. The van der Waals surface area contributed by atoms with Crippen LogP contribution in [0, 0.1) is 11.3 Å². The van der Waals surface area contributed by atoms with E-state index in [1.54, 1.807) is 0 Å². The third kappa shape index (κ3) is 1.22. The summed E-state index contributed by atoms with van der Waals surface area (Å²) in [5.74, 6) is 0. The van der Waals surface area contributed by atoms with Crippen molar-refractivity contribution in [1.82, 2.24) is 10.2 Å². The lowest BCUT2D eigenvalue weighted by Gasteiger charge is -2.19. The average molecular weight is 189 g/mol. The molecule has 0 atom stereocenters. The molecule has 1 aliphatic rings. The first-order chi connectivity index (χ1) is 6.49. The molecule has 1 N–H and O–H groups in total. The lowest BCUT2D eigenvalue weighted by molar-refractivity contribution is 0.556. The second-order valence-electron chi connectivity index (χ2n) is 5.10. The second-order valence-corrected chi connectivity index (χ2v) is 5.10. The molecule has 2 rings (SSSR count). The van der Waals surface area contributed by atoms with E-state index in [1.807, 2.05) is 6.20 Å². The molecule has 3 nitrogen and oxygen atoms in total. The third-order valence-electron chi connectivity index (χ3n) is 2.87. The molecule has 74 valence electrons. The monoisotopic (exact) mass is 189 g/mol. The van der Waals surface area contributed by atoms with Crippen molar-refractivity contribution in [3.8, 4) is 6.07 Å². The van der Waals surface area contributed by atoms with E-state index < -0.39 is 0 Å². The van der Waals surface area contributed by atoms with Gasteiger partial charge in [-0.25, -0.2) is 0 Å². The zero-order valence-electron chi connectivity index (χ0n) is 8.89. The highest BCUT2D eigenvalue weighted by molar-refractivity contribution is 5.42. The minimum absolute atomic E-state index is 0.0400. The van der Waals surface area contributed by atoms with E-state index in [0.29, 0.717) is 0 Å². The van der Waals surface area contributed by atoms with E-state index in [9.17, 15) is 0 Å². The topological polar surface area (TPSA) is 52.5 Å². The molecule has 0 bridgehead atoms. The van der Waals surface area contributed by atoms with Gasteiger partial charge in [-0.2, -0.15) is 10.4 Å². The van der Waals surface area contributed by atoms with Gasteiger partial charge in [0, 0.05) is 16.7 Å². The Kier molecular flexibility index (Phi) is 1.72. The normalized spacial score (nSPS) is 19.0. The zero-order valence-corrected chi connectivity index (χ0v) is 8.89. The van der Waals surface area contributed by atoms with Crippen LogP contribution in [0.25, 0.3) is 0 Å². The molecule has 0 radical (unpaired) electrons. The van der Waals surface area contributed by atoms with Crippen molar-refractivity contribution in [3.63, 3.8) is 0 Å². The predicted octanol–water partition coefficient (Wildman–Crippen LogP) is 2.26.